The molecule has 1 rings (SSSR count). The number of aromatic nitrogens is 1. The molecular weight excluding hydrogens is 195 g/mol. The minimum Gasteiger partial charge on any atom is -0.398 e. The molecule has 0 spiro atoms. The number of nitrogens with two attached hydrogens (primary N) is 1. The molecule has 0 saturated carbocycles. The van der Waals surface area contributed by atoms with Gasteiger partial charge in [0, 0.05) is 11.8 Å². The first-order valence-corrected chi connectivity index (χ1v) is 3.66. The van der Waals surface area contributed by atoms with Crippen molar-refractivity contribution in [3.05, 3.63) is 23.3 Å². The van der Waals surface area contributed by atoms with E-state index in [4.69, 9.17) is 11.0 Å². The molecule has 0 bridgehead atoms. The van der Waals surface area contributed by atoms with Gasteiger partial charge in [-0.2, -0.15) is 9.65 Å². The minimum atomic E-state index is -2.86. The molecule has 0 aliphatic heterocycles. The summed E-state index contributed by atoms with van der Waals surface area (Å²) in [6, 6.07) is 2.33. The van der Waals surface area contributed by atoms with Crippen molar-refractivity contribution in [2.45, 2.75) is 12.8 Å². The van der Waals surface area contributed by atoms with E-state index in [9.17, 15) is 13.2 Å². The Hall–Kier alpha value is -1.77. The van der Waals surface area contributed by atoms with Crippen molar-refractivity contribution in [1.29, 1.82) is 5.26 Å². The monoisotopic (exact) mass is 201 g/mol. The van der Waals surface area contributed by atoms with Gasteiger partial charge in [-0.1, -0.05) is 0 Å². The highest BCUT2D eigenvalue weighted by molar-refractivity contribution is 5.49. The van der Waals surface area contributed by atoms with Crippen molar-refractivity contribution >= 4 is 5.69 Å². The molecule has 1 aromatic rings. The van der Waals surface area contributed by atoms with Crippen LogP contribution < -0.4 is 5.73 Å². The number of halogens is 3. The number of nitriles is 1. The number of nitrogens with zero attached hydrogens (tertiary/aromatic N) is 2. The SMILES string of the molecule is N#CCc1nc(F)cc(N)c1C(F)F. The first-order valence-electron chi connectivity index (χ1n) is 3.66. The summed E-state index contributed by atoms with van der Waals surface area (Å²) in [7, 11) is 0. The maximum atomic E-state index is 12.6. The van der Waals surface area contributed by atoms with Crippen LogP contribution in [0.2, 0.25) is 0 Å². The maximum Gasteiger partial charge on any atom is 0.267 e. The lowest BCUT2D eigenvalue weighted by Gasteiger charge is -2.08. The van der Waals surface area contributed by atoms with Gasteiger partial charge < -0.3 is 5.73 Å². The summed E-state index contributed by atoms with van der Waals surface area (Å²) < 4.78 is 37.4. The van der Waals surface area contributed by atoms with Gasteiger partial charge in [-0.3, -0.25) is 0 Å². The van der Waals surface area contributed by atoms with E-state index in [-0.39, 0.29) is 17.8 Å². The summed E-state index contributed by atoms with van der Waals surface area (Å²) in [6.45, 7) is 0. The Morgan fingerprint density at radius 1 is 1.57 bits per heavy atom. The normalized spacial score (nSPS) is 10.2. The van der Waals surface area contributed by atoms with E-state index >= 15 is 0 Å². The van der Waals surface area contributed by atoms with E-state index in [1.165, 1.54) is 0 Å². The number of anilines is 1. The Kier molecular flexibility index (Phi) is 2.92. The molecule has 0 aromatic carbocycles. The van der Waals surface area contributed by atoms with Crippen LogP contribution in [-0.2, 0) is 6.42 Å². The lowest BCUT2D eigenvalue weighted by atomic mass is 10.1. The van der Waals surface area contributed by atoms with Crippen LogP contribution >= 0.6 is 0 Å². The lowest BCUT2D eigenvalue weighted by Crippen LogP contribution is -2.05. The van der Waals surface area contributed by atoms with E-state index < -0.39 is 17.9 Å². The van der Waals surface area contributed by atoms with Crippen LogP contribution in [0.25, 0.3) is 0 Å². The molecule has 2 N–H and O–H groups in total. The third kappa shape index (κ3) is 1.93. The Balaban J connectivity index is 3.30. The zero-order valence-electron chi connectivity index (χ0n) is 6.97. The standard InChI is InChI=1S/C8H6F3N3/c9-6-3-4(13)7(8(10)11)5(14-6)1-2-12/h3,8H,1H2,(H2,13,14). The number of nitrogen functional groups attached to an aromatic ring is 1. The van der Waals surface area contributed by atoms with Crippen molar-refractivity contribution in [2.75, 3.05) is 5.73 Å². The largest absolute Gasteiger partial charge is 0.398 e. The number of alkyl halides is 2. The molecule has 74 valence electrons. The number of rotatable bonds is 2. The molecule has 3 nitrogen and oxygen atoms in total. The molecule has 14 heavy (non-hydrogen) atoms. The molecule has 0 unspecified atom stereocenters. The molecule has 1 aromatic heterocycles. The highest BCUT2D eigenvalue weighted by atomic mass is 19.3. The molecule has 0 saturated heterocycles. The van der Waals surface area contributed by atoms with Crippen molar-refractivity contribution < 1.29 is 13.2 Å². The third-order valence-corrected chi connectivity index (χ3v) is 1.60. The van der Waals surface area contributed by atoms with Gasteiger partial charge in [-0.15, -0.1) is 0 Å². The lowest BCUT2D eigenvalue weighted by molar-refractivity contribution is 0.150. The van der Waals surface area contributed by atoms with Gasteiger partial charge in [0.25, 0.3) is 6.43 Å². The van der Waals surface area contributed by atoms with E-state index in [1.807, 2.05) is 0 Å². The van der Waals surface area contributed by atoms with Crippen molar-refractivity contribution in [3.8, 4) is 6.07 Å². The average Bonchev–Trinajstić information content (AvgIpc) is 2.01. The number of hydrogen-bond donors (Lipinski definition) is 1. The predicted molar refractivity (Wildman–Crippen MR) is 42.9 cm³/mol. The van der Waals surface area contributed by atoms with Gasteiger partial charge in [-0.25, -0.2) is 13.8 Å². The molecule has 0 aliphatic carbocycles. The van der Waals surface area contributed by atoms with Crippen LogP contribution in [0.4, 0.5) is 18.9 Å². The molecule has 0 fully saturated rings. The van der Waals surface area contributed by atoms with Gasteiger partial charge in [0.05, 0.1) is 23.7 Å². The fourth-order valence-corrected chi connectivity index (χ4v) is 1.06. The van der Waals surface area contributed by atoms with Crippen LogP contribution in [0, 0.1) is 17.3 Å². The maximum absolute atomic E-state index is 12.6. The molecule has 0 atom stereocenters. The van der Waals surface area contributed by atoms with Gasteiger partial charge in [0.2, 0.25) is 5.95 Å². The van der Waals surface area contributed by atoms with E-state index in [1.54, 1.807) is 6.07 Å². The number of pyridine rings is 1. The van der Waals surface area contributed by atoms with Gasteiger partial charge in [0.1, 0.15) is 0 Å². The highest BCUT2D eigenvalue weighted by Crippen LogP contribution is 2.28. The summed E-state index contributed by atoms with van der Waals surface area (Å²) in [4.78, 5) is 3.20. The van der Waals surface area contributed by atoms with E-state index in [0.717, 1.165) is 0 Å². The van der Waals surface area contributed by atoms with E-state index in [0.29, 0.717) is 6.07 Å². The quantitative estimate of drug-likeness (QED) is 0.742. The topological polar surface area (TPSA) is 62.7 Å². The molecule has 0 aliphatic rings. The summed E-state index contributed by atoms with van der Waals surface area (Å²) in [5.41, 5.74) is 3.94. The first kappa shape index (κ1) is 10.3. The fourth-order valence-electron chi connectivity index (χ4n) is 1.06. The predicted octanol–water partition coefficient (Wildman–Crippen LogP) is 1.81. The molecular formula is C8H6F3N3. The zero-order chi connectivity index (χ0) is 10.7. The highest BCUT2D eigenvalue weighted by Gasteiger charge is 2.18. The second kappa shape index (κ2) is 3.96. The van der Waals surface area contributed by atoms with Gasteiger partial charge >= 0.3 is 0 Å². The second-order valence-corrected chi connectivity index (χ2v) is 2.53. The van der Waals surface area contributed by atoms with E-state index in [2.05, 4.69) is 4.98 Å². The molecule has 0 amide bonds. The molecule has 0 radical (unpaired) electrons. The van der Waals surface area contributed by atoms with Gasteiger partial charge in [-0.05, 0) is 0 Å². The Bertz CT molecular complexity index is 384. The van der Waals surface area contributed by atoms with Crippen LogP contribution in [0.5, 0.6) is 0 Å². The van der Waals surface area contributed by atoms with Crippen molar-refractivity contribution in [1.82, 2.24) is 4.98 Å². The van der Waals surface area contributed by atoms with Crippen LogP contribution in [-0.4, -0.2) is 4.98 Å². The average molecular weight is 201 g/mol. The third-order valence-electron chi connectivity index (χ3n) is 1.60. The Labute approximate surface area is 78.0 Å². The minimum absolute atomic E-state index is 0.306. The molecule has 6 heteroatoms. The summed E-state index contributed by atoms with van der Waals surface area (Å²) >= 11 is 0. The summed E-state index contributed by atoms with van der Waals surface area (Å²) in [6.07, 6.45) is -3.24. The van der Waals surface area contributed by atoms with Crippen molar-refractivity contribution in [2.24, 2.45) is 0 Å². The van der Waals surface area contributed by atoms with Crippen LogP contribution in [0.15, 0.2) is 6.07 Å². The van der Waals surface area contributed by atoms with Gasteiger partial charge in [0.15, 0.2) is 0 Å². The second-order valence-electron chi connectivity index (χ2n) is 2.53. The van der Waals surface area contributed by atoms with Crippen molar-refractivity contribution in [3.63, 3.8) is 0 Å². The number of hydrogen-bond acceptors (Lipinski definition) is 3. The van der Waals surface area contributed by atoms with Crippen LogP contribution in [0.3, 0.4) is 0 Å². The molecule has 1 heterocycles. The van der Waals surface area contributed by atoms with Crippen LogP contribution in [0.1, 0.15) is 17.7 Å². The zero-order valence-corrected chi connectivity index (χ0v) is 6.97. The Morgan fingerprint density at radius 3 is 2.71 bits per heavy atom. The smallest absolute Gasteiger partial charge is 0.267 e. The fraction of sp³-hybridized carbons (Fsp3) is 0.250. The summed E-state index contributed by atoms with van der Waals surface area (Å²) in [5, 5.41) is 8.31. The summed E-state index contributed by atoms with van der Waals surface area (Å²) in [5.74, 6) is -0.961. The first-order chi connectivity index (χ1) is 6.56. The Morgan fingerprint density at radius 2 is 2.21 bits per heavy atom.